The lowest BCUT2D eigenvalue weighted by Crippen LogP contribution is -2.39. The fourth-order valence-corrected chi connectivity index (χ4v) is 5.08. The third-order valence-electron chi connectivity index (χ3n) is 6.12. The molecule has 2 N–H and O–H groups in total. The van der Waals surface area contributed by atoms with Gasteiger partial charge in [-0.15, -0.1) is 0 Å². The number of aryl methyl sites for hydroxylation is 1. The van der Waals surface area contributed by atoms with Gasteiger partial charge >= 0.3 is 0 Å². The van der Waals surface area contributed by atoms with E-state index in [9.17, 15) is 4.79 Å². The Morgan fingerprint density at radius 1 is 1.36 bits per heavy atom. The van der Waals surface area contributed by atoms with E-state index >= 15 is 0 Å². The van der Waals surface area contributed by atoms with E-state index in [0.29, 0.717) is 24.0 Å². The third kappa shape index (κ3) is 3.18. The van der Waals surface area contributed by atoms with E-state index in [2.05, 4.69) is 32.3 Å². The molecule has 1 aliphatic carbocycles. The molecule has 1 spiro atoms. The summed E-state index contributed by atoms with van der Waals surface area (Å²) in [6.07, 6.45) is 3.38. The highest BCUT2D eigenvalue weighted by Gasteiger charge is 2.58. The molecular weight excluding hydrogens is 372 g/mol. The molecule has 1 atom stereocenters. The predicted molar refractivity (Wildman–Crippen MR) is 108 cm³/mol. The average molecular weight is 397 g/mol. The number of hydrogen-bond donors (Lipinski definition) is 2. The summed E-state index contributed by atoms with van der Waals surface area (Å²) in [4.78, 5) is 15.5. The summed E-state index contributed by atoms with van der Waals surface area (Å²) in [7, 11) is 0. The van der Waals surface area contributed by atoms with Crippen molar-refractivity contribution >= 4 is 17.2 Å². The van der Waals surface area contributed by atoms with Gasteiger partial charge in [-0.1, -0.05) is 0 Å². The van der Waals surface area contributed by atoms with Crippen molar-refractivity contribution in [2.24, 2.45) is 5.41 Å². The number of aromatic amines is 1. The largest absolute Gasteiger partial charge is 0.460 e. The van der Waals surface area contributed by atoms with Crippen molar-refractivity contribution in [1.29, 1.82) is 0 Å². The number of piperidine rings is 1. The van der Waals surface area contributed by atoms with Crippen LogP contribution in [0.15, 0.2) is 39.4 Å². The first kappa shape index (κ1) is 17.7. The van der Waals surface area contributed by atoms with Crippen LogP contribution in [0, 0.1) is 12.3 Å². The number of aromatic nitrogens is 2. The summed E-state index contributed by atoms with van der Waals surface area (Å²) in [6.45, 7) is 4.63. The summed E-state index contributed by atoms with van der Waals surface area (Å²) in [5.74, 6) is 1.54. The zero-order valence-electron chi connectivity index (χ0n) is 15.9. The highest BCUT2D eigenvalue weighted by Crippen LogP contribution is 2.56. The second kappa shape index (κ2) is 6.90. The molecule has 3 aromatic rings. The standard InChI is InChI=1S/C21H24N4O2S/c1-14-2-3-18(27-14)16-10-17(24-23-16)20(26)25(12-15-4-9-28-13-15)19-11-21(19)5-7-22-8-6-21/h2-4,9-10,13,19,22H,5-8,11-12H2,1H3,(H,23,24). The summed E-state index contributed by atoms with van der Waals surface area (Å²) in [6, 6.07) is 8.01. The molecule has 0 radical (unpaired) electrons. The van der Waals surface area contributed by atoms with Crippen LogP contribution < -0.4 is 5.32 Å². The Labute approximate surface area is 167 Å². The van der Waals surface area contributed by atoms with Crippen molar-refractivity contribution in [3.63, 3.8) is 0 Å². The number of nitrogens with zero attached hydrogens (tertiary/aromatic N) is 2. The highest BCUT2D eigenvalue weighted by atomic mass is 32.1. The molecule has 1 saturated carbocycles. The molecule has 6 nitrogen and oxygen atoms in total. The van der Waals surface area contributed by atoms with Gasteiger partial charge in [0.2, 0.25) is 0 Å². The van der Waals surface area contributed by atoms with Crippen molar-refractivity contribution in [3.8, 4) is 11.5 Å². The Kier molecular flexibility index (Phi) is 4.36. The van der Waals surface area contributed by atoms with Gasteiger partial charge in [-0.25, -0.2) is 0 Å². The zero-order chi connectivity index (χ0) is 19.1. The normalized spacial score (nSPS) is 20.4. The van der Waals surface area contributed by atoms with Crippen LogP contribution in [-0.4, -0.2) is 40.1 Å². The van der Waals surface area contributed by atoms with Gasteiger partial charge in [0.1, 0.15) is 11.5 Å². The van der Waals surface area contributed by atoms with E-state index in [1.165, 1.54) is 5.56 Å². The van der Waals surface area contributed by atoms with E-state index in [4.69, 9.17) is 4.42 Å². The second-order valence-corrected chi connectivity index (χ2v) is 8.75. The first-order chi connectivity index (χ1) is 13.6. The van der Waals surface area contributed by atoms with Crippen LogP contribution in [0.5, 0.6) is 0 Å². The number of rotatable bonds is 5. The Bertz CT molecular complexity index is 968. The molecule has 1 amide bonds. The Morgan fingerprint density at radius 2 is 2.21 bits per heavy atom. The number of furan rings is 1. The van der Waals surface area contributed by atoms with Crippen molar-refractivity contribution < 1.29 is 9.21 Å². The SMILES string of the molecule is Cc1ccc(-c2cc(C(=O)N(Cc3ccsc3)C3CC34CCNCC4)n[nH]2)o1. The van der Waals surface area contributed by atoms with Crippen LogP contribution in [-0.2, 0) is 6.54 Å². The monoisotopic (exact) mass is 396 g/mol. The molecule has 0 aromatic carbocycles. The van der Waals surface area contributed by atoms with Crippen molar-refractivity contribution in [1.82, 2.24) is 20.4 Å². The van der Waals surface area contributed by atoms with Crippen LogP contribution in [0.1, 0.15) is 41.1 Å². The van der Waals surface area contributed by atoms with Crippen LogP contribution in [0.2, 0.25) is 0 Å². The number of carbonyl (C=O) groups is 1. The molecule has 1 unspecified atom stereocenters. The van der Waals surface area contributed by atoms with E-state index in [1.807, 2.05) is 24.0 Å². The van der Waals surface area contributed by atoms with Gasteiger partial charge in [-0.3, -0.25) is 9.89 Å². The molecule has 3 aromatic heterocycles. The van der Waals surface area contributed by atoms with Gasteiger partial charge in [0, 0.05) is 18.7 Å². The Hall–Kier alpha value is -2.38. The summed E-state index contributed by atoms with van der Waals surface area (Å²) >= 11 is 1.67. The van der Waals surface area contributed by atoms with Gasteiger partial charge in [0.15, 0.2) is 11.5 Å². The number of hydrogen-bond acceptors (Lipinski definition) is 5. The van der Waals surface area contributed by atoms with Crippen molar-refractivity contribution in [2.75, 3.05) is 13.1 Å². The summed E-state index contributed by atoms with van der Waals surface area (Å²) < 4.78 is 5.66. The second-order valence-electron chi connectivity index (χ2n) is 7.97. The lowest BCUT2D eigenvalue weighted by atomic mass is 9.93. The van der Waals surface area contributed by atoms with Crippen LogP contribution in [0.4, 0.5) is 0 Å². The molecule has 2 aliphatic rings. The lowest BCUT2D eigenvalue weighted by molar-refractivity contribution is 0.0686. The maximum absolute atomic E-state index is 13.4. The maximum Gasteiger partial charge on any atom is 0.274 e. The summed E-state index contributed by atoms with van der Waals surface area (Å²) in [5.41, 5.74) is 2.66. The molecule has 146 valence electrons. The molecule has 7 heteroatoms. The average Bonchev–Trinajstić information content (AvgIpc) is 3.22. The van der Waals surface area contributed by atoms with Gasteiger partial charge in [0.05, 0.1) is 0 Å². The van der Waals surface area contributed by atoms with Gasteiger partial charge in [-0.05, 0) is 79.2 Å². The zero-order valence-corrected chi connectivity index (χ0v) is 16.7. The lowest BCUT2D eigenvalue weighted by Gasteiger charge is -2.29. The van der Waals surface area contributed by atoms with Crippen molar-refractivity contribution in [2.45, 2.75) is 38.8 Å². The number of nitrogens with one attached hydrogen (secondary N) is 2. The third-order valence-corrected chi connectivity index (χ3v) is 6.85. The molecule has 4 heterocycles. The first-order valence-electron chi connectivity index (χ1n) is 9.80. The quantitative estimate of drug-likeness (QED) is 0.687. The molecule has 28 heavy (non-hydrogen) atoms. The molecule has 5 rings (SSSR count). The molecule has 2 fully saturated rings. The Morgan fingerprint density at radius 3 is 2.93 bits per heavy atom. The number of carbonyl (C=O) groups excluding carboxylic acids is 1. The van der Waals surface area contributed by atoms with Crippen molar-refractivity contribution in [3.05, 3.63) is 52.0 Å². The molecule has 0 bridgehead atoms. The number of H-pyrrole nitrogens is 1. The smallest absolute Gasteiger partial charge is 0.274 e. The van der Waals surface area contributed by atoms with Crippen LogP contribution in [0.3, 0.4) is 0 Å². The van der Waals surface area contributed by atoms with E-state index in [-0.39, 0.29) is 11.3 Å². The predicted octanol–water partition coefficient (Wildman–Crippen LogP) is 3.82. The van der Waals surface area contributed by atoms with E-state index in [1.54, 1.807) is 17.4 Å². The van der Waals surface area contributed by atoms with Gasteiger partial charge < -0.3 is 14.6 Å². The number of amides is 1. The number of thiophene rings is 1. The highest BCUT2D eigenvalue weighted by molar-refractivity contribution is 7.07. The summed E-state index contributed by atoms with van der Waals surface area (Å²) in [5, 5.41) is 14.9. The topological polar surface area (TPSA) is 74.2 Å². The fourth-order valence-electron chi connectivity index (χ4n) is 4.42. The van der Waals surface area contributed by atoms with Crippen LogP contribution >= 0.6 is 11.3 Å². The molecular formula is C21H24N4O2S. The van der Waals surface area contributed by atoms with Gasteiger partial charge in [0.25, 0.3) is 5.91 Å². The minimum Gasteiger partial charge on any atom is -0.460 e. The maximum atomic E-state index is 13.4. The molecule has 1 aliphatic heterocycles. The van der Waals surface area contributed by atoms with Crippen LogP contribution in [0.25, 0.3) is 11.5 Å². The Balaban J connectivity index is 1.40. The van der Waals surface area contributed by atoms with Gasteiger partial charge in [-0.2, -0.15) is 16.4 Å². The minimum atomic E-state index is -0.00242. The van der Waals surface area contributed by atoms with E-state index < -0.39 is 0 Å². The first-order valence-corrected chi connectivity index (χ1v) is 10.7. The fraction of sp³-hybridized carbons (Fsp3) is 0.429. The minimum absolute atomic E-state index is 0.00242. The molecule has 1 saturated heterocycles. The van der Waals surface area contributed by atoms with E-state index in [0.717, 1.165) is 43.8 Å².